The first-order chi connectivity index (χ1) is 16.3. The maximum Gasteiger partial charge on any atom is 0.260 e. The lowest BCUT2D eigenvalue weighted by molar-refractivity contribution is -0.133. The minimum atomic E-state index is -0.00353. The first kappa shape index (κ1) is 20.8. The summed E-state index contributed by atoms with van der Waals surface area (Å²) >= 11 is 0. The van der Waals surface area contributed by atoms with Crippen LogP contribution in [0.15, 0.2) is 89.5 Å². The molecule has 1 saturated heterocycles. The van der Waals surface area contributed by atoms with Gasteiger partial charge in [-0.15, -0.1) is 0 Å². The Kier molecular flexibility index (Phi) is 6.01. The molecule has 4 aromatic rings. The van der Waals surface area contributed by atoms with Gasteiger partial charge in [0.05, 0.1) is 0 Å². The van der Waals surface area contributed by atoms with E-state index in [4.69, 9.17) is 9.26 Å². The molecule has 1 aliphatic rings. The first-order valence-corrected chi connectivity index (χ1v) is 11.0. The van der Waals surface area contributed by atoms with E-state index in [9.17, 15) is 4.79 Å². The van der Waals surface area contributed by atoms with E-state index in [0.29, 0.717) is 30.6 Å². The summed E-state index contributed by atoms with van der Waals surface area (Å²) in [4.78, 5) is 21.2. The molecular weight excluding hydrogens is 416 g/mol. The van der Waals surface area contributed by atoms with E-state index in [-0.39, 0.29) is 12.5 Å². The summed E-state index contributed by atoms with van der Waals surface area (Å²) in [6.45, 7) is 3.04. The Morgan fingerprint density at radius 3 is 2.18 bits per heavy atom. The average molecular weight is 441 g/mol. The number of benzene rings is 3. The first-order valence-electron chi connectivity index (χ1n) is 11.0. The zero-order chi connectivity index (χ0) is 22.5. The quantitative estimate of drug-likeness (QED) is 0.449. The van der Waals surface area contributed by atoms with Gasteiger partial charge in [-0.2, -0.15) is 4.98 Å². The lowest BCUT2D eigenvalue weighted by Gasteiger charge is -2.36. The summed E-state index contributed by atoms with van der Waals surface area (Å²) < 4.78 is 11.1. The lowest BCUT2D eigenvalue weighted by Crippen LogP contribution is -2.50. The number of piperazine rings is 1. The van der Waals surface area contributed by atoms with Crippen LogP contribution in [0.25, 0.3) is 22.8 Å². The van der Waals surface area contributed by atoms with Crippen LogP contribution in [-0.4, -0.2) is 53.7 Å². The molecular formula is C26H24N4O3. The topological polar surface area (TPSA) is 71.7 Å². The number of carbonyl (C=O) groups excluding carboxylic acids is 1. The van der Waals surface area contributed by atoms with Crippen LogP contribution in [0.1, 0.15) is 0 Å². The van der Waals surface area contributed by atoms with Gasteiger partial charge < -0.3 is 19.1 Å². The second-order valence-electron chi connectivity index (χ2n) is 7.81. The number of amides is 1. The summed E-state index contributed by atoms with van der Waals surface area (Å²) in [5, 5.41) is 4.05. The molecule has 0 atom stereocenters. The van der Waals surface area contributed by atoms with E-state index in [0.717, 1.165) is 24.2 Å². The Labute approximate surface area is 192 Å². The molecule has 0 saturated carbocycles. The lowest BCUT2D eigenvalue weighted by atomic mass is 10.2. The predicted octanol–water partition coefficient (Wildman–Crippen LogP) is 4.13. The molecule has 0 radical (unpaired) electrons. The Balaban J connectivity index is 1.13. The molecule has 0 spiro atoms. The van der Waals surface area contributed by atoms with Gasteiger partial charge in [0.1, 0.15) is 5.75 Å². The van der Waals surface area contributed by atoms with Crippen LogP contribution in [-0.2, 0) is 4.79 Å². The number of aromatic nitrogens is 2. The summed E-state index contributed by atoms with van der Waals surface area (Å²) in [6.07, 6.45) is 0. The van der Waals surface area contributed by atoms with Gasteiger partial charge in [-0.3, -0.25) is 4.79 Å². The maximum atomic E-state index is 12.6. The van der Waals surface area contributed by atoms with Crippen molar-refractivity contribution in [2.45, 2.75) is 0 Å². The van der Waals surface area contributed by atoms with E-state index >= 15 is 0 Å². The molecule has 33 heavy (non-hydrogen) atoms. The van der Waals surface area contributed by atoms with Gasteiger partial charge in [0, 0.05) is 43.0 Å². The zero-order valence-electron chi connectivity index (χ0n) is 18.1. The summed E-state index contributed by atoms with van der Waals surface area (Å²) in [7, 11) is 0. The van der Waals surface area contributed by atoms with Crippen molar-refractivity contribution in [3.05, 3.63) is 84.9 Å². The molecule has 0 aliphatic carbocycles. The number of carbonyl (C=O) groups is 1. The Morgan fingerprint density at radius 1 is 0.818 bits per heavy atom. The van der Waals surface area contributed by atoms with Crippen molar-refractivity contribution in [2.24, 2.45) is 0 Å². The molecule has 7 heteroatoms. The number of para-hydroxylation sites is 1. The van der Waals surface area contributed by atoms with Crippen molar-refractivity contribution in [2.75, 3.05) is 37.7 Å². The highest BCUT2D eigenvalue weighted by atomic mass is 16.5. The van der Waals surface area contributed by atoms with E-state index in [2.05, 4.69) is 27.2 Å². The molecule has 0 bridgehead atoms. The zero-order valence-corrected chi connectivity index (χ0v) is 18.1. The van der Waals surface area contributed by atoms with Gasteiger partial charge in [0.25, 0.3) is 11.8 Å². The number of hydrogen-bond donors (Lipinski definition) is 0. The number of nitrogens with zero attached hydrogens (tertiary/aromatic N) is 4. The maximum absolute atomic E-state index is 12.6. The smallest absolute Gasteiger partial charge is 0.260 e. The third-order valence-corrected chi connectivity index (χ3v) is 5.68. The minimum absolute atomic E-state index is 0.00353. The van der Waals surface area contributed by atoms with Crippen molar-refractivity contribution < 1.29 is 14.1 Å². The molecule has 2 heterocycles. The predicted molar refractivity (Wildman–Crippen MR) is 126 cm³/mol. The Morgan fingerprint density at radius 2 is 1.48 bits per heavy atom. The van der Waals surface area contributed by atoms with E-state index < -0.39 is 0 Å². The third kappa shape index (κ3) is 4.87. The van der Waals surface area contributed by atoms with Gasteiger partial charge in [0.2, 0.25) is 5.82 Å². The summed E-state index contributed by atoms with van der Waals surface area (Å²) in [5.74, 6) is 1.60. The summed E-state index contributed by atoms with van der Waals surface area (Å²) in [5.41, 5.74) is 2.88. The fourth-order valence-electron chi connectivity index (χ4n) is 3.83. The van der Waals surface area contributed by atoms with Crippen LogP contribution in [0.5, 0.6) is 5.75 Å². The Hall–Kier alpha value is -4.13. The molecule has 0 N–H and O–H groups in total. The Bertz CT molecular complexity index is 1190. The monoisotopic (exact) mass is 440 g/mol. The van der Waals surface area contributed by atoms with Crippen LogP contribution in [0.2, 0.25) is 0 Å². The van der Waals surface area contributed by atoms with Crippen molar-refractivity contribution in [1.29, 1.82) is 0 Å². The van der Waals surface area contributed by atoms with Gasteiger partial charge in [-0.1, -0.05) is 53.7 Å². The molecule has 3 aromatic carbocycles. The molecule has 5 rings (SSSR count). The van der Waals surface area contributed by atoms with Gasteiger partial charge in [0.15, 0.2) is 6.61 Å². The van der Waals surface area contributed by atoms with E-state index in [1.807, 2.05) is 77.7 Å². The molecule has 1 fully saturated rings. The molecule has 0 unspecified atom stereocenters. The fourth-order valence-corrected chi connectivity index (χ4v) is 3.83. The second kappa shape index (κ2) is 9.56. The third-order valence-electron chi connectivity index (χ3n) is 5.68. The van der Waals surface area contributed by atoms with Crippen molar-refractivity contribution in [3.8, 4) is 28.6 Å². The van der Waals surface area contributed by atoms with Crippen molar-refractivity contribution >= 4 is 11.6 Å². The van der Waals surface area contributed by atoms with Crippen LogP contribution < -0.4 is 9.64 Å². The number of anilines is 1. The van der Waals surface area contributed by atoms with Crippen LogP contribution in [0.4, 0.5) is 5.69 Å². The number of hydrogen-bond acceptors (Lipinski definition) is 6. The van der Waals surface area contributed by atoms with E-state index in [1.54, 1.807) is 0 Å². The van der Waals surface area contributed by atoms with E-state index in [1.165, 1.54) is 5.69 Å². The highest BCUT2D eigenvalue weighted by molar-refractivity contribution is 5.78. The second-order valence-corrected chi connectivity index (χ2v) is 7.81. The van der Waals surface area contributed by atoms with Gasteiger partial charge >= 0.3 is 0 Å². The fraction of sp³-hybridized carbons (Fsp3) is 0.192. The summed E-state index contributed by atoms with van der Waals surface area (Å²) in [6, 6.07) is 27.3. The highest BCUT2D eigenvalue weighted by Gasteiger charge is 2.21. The van der Waals surface area contributed by atoms with Gasteiger partial charge in [-0.25, -0.2) is 0 Å². The molecule has 1 amide bonds. The molecule has 1 aromatic heterocycles. The number of rotatable bonds is 6. The SMILES string of the molecule is O=C(COc1ccc(-c2nc(-c3ccccc3)no2)cc1)N1CCN(c2ccccc2)CC1. The van der Waals surface area contributed by atoms with Crippen LogP contribution in [0, 0.1) is 0 Å². The molecule has 7 nitrogen and oxygen atoms in total. The van der Waals surface area contributed by atoms with Crippen LogP contribution in [0.3, 0.4) is 0 Å². The standard InChI is InChI=1S/C26H24N4O3/c31-24(30-17-15-29(16-18-30)22-9-5-2-6-10-22)19-32-23-13-11-21(12-14-23)26-27-25(28-33-26)20-7-3-1-4-8-20/h1-14H,15-19H2. The molecule has 1 aliphatic heterocycles. The average Bonchev–Trinajstić information content (AvgIpc) is 3.39. The van der Waals surface area contributed by atoms with Crippen molar-refractivity contribution in [1.82, 2.24) is 15.0 Å². The largest absolute Gasteiger partial charge is 0.484 e. The molecule has 166 valence electrons. The van der Waals surface area contributed by atoms with Gasteiger partial charge in [-0.05, 0) is 36.4 Å². The van der Waals surface area contributed by atoms with Crippen LogP contribution >= 0.6 is 0 Å². The minimum Gasteiger partial charge on any atom is -0.484 e. The number of ether oxygens (including phenoxy) is 1. The highest BCUT2D eigenvalue weighted by Crippen LogP contribution is 2.24. The van der Waals surface area contributed by atoms with Crippen molar-refractivity contribution in [3.63, 3.8) is 0 Å². The normalized spacial score (nSPS) is 13.7.